The minimum Gasteiger partial charge on any atom is -0.486 e. The van der Waals surface area contributed by atoms with E-state index in [1.165, 1.54) is 6.07 Å². The second-order valence-electron chi connectivity index (χ2n) is 3.77. The molecule has 0 amide bonds. The van der Waals surface area contributed by atoms with Crippen LogP contribution in [0.2, 0.25) is 0 Å². The zero-order valence-corrected chi connectivity index (χ0v) is 11.2. The van der Waals surface area contributed by atoms with Crippen molar-refractivity contribution in [2.24, 2.45) is 0 Å². The van der Waals surface area contributed by atoms with Crippen LogP contribution in [0, 0.1) is 6.92 Å². The number of furan rings is 1. The highest BCUT2D eigenvalue weighted by molar-refractivity contribution is 9.10. The summed E-state index contributed by atoms with van der Waals surface area (Å²) in [6, 6.07) is 8.63. The number of aryl methyl sites for hydroxylation is 1. The van der Waals surface area contributed by atoms with Gasteiger partial charge in [0, 0.05) is 4.47 Å². The number of carboxylic acid groups (broad SMARTS) is 1. The van der Waals surface area contributed by atoms with Crippen LogP contribution in [0.3, 0.4) is 0 Å². The second-order valence-corrected chi connectivity index (χ2v) is 4.63. The molecule has 0 aliphatic rings. The Labute approximate surface area is 112 Å². The van der Waals surface area contributed by atoms with Gasteiger partial charge in [-0.05, 0) is 42.8 Å². The summed E-state index contributed by atoms with van der Waals surface area (Å²) in [6.45, 7) is 2.17. The Morgan fingerprint density at radius 3 is 2.78 bits per heavy atom. The molecule has 0 saturated heterocycles. The zero-order chi connectivity index (χ0) is 13.1. The smallest absolute Gasteiger partial charge is 0.371 e. The van der Waals surface area contributed by atoms with Crippen LogP contribution in [0.1, 0.15) is 21.9 Å². The van der Waals surface area contributed by atoms with Gasteiger partial charge in [0.25, 0.3) is 0 Å². The summed E-state index contributed by atoms with van der Waals surface area (Å²) in [5.41, 5.74) is 1.07. The second kappa shape index (κ2) is 5.27. The van der Waals surface area contributed by atoms with Crippen molar-refractivity contribution in [2.75, 3.05) is 0 Å². The summed E-state index contributed by atoms with van der Waals surface area (Å²) in [5, 5.41) is 8.71. The average molecular weight is 311 g/mol. The lowest BCUT2D eigenvalue weighted by Crippen LogP contribution is -1.95. The number of carbonyl (C=O) groups is 1. The van der Waals surface area contributed by atoms with Crippen molar-refractivity contribution < 1.29 is 19.1 Å². The van der Waals surface area contributed by atoms with Gasteiger partial charge in [-0.2, -0.15) is 0 Å². The molecule has 1 aromatic heterocycles. The van der Waals surface area contributed by atoms with Gasteiger partial charge in [-0.15, -0.1) is 0 Å². The number of hydrogen-bond acceptors (Lipinski definition) is 3. The van der Waals surface area contributed by atoms with Gasteiger partial charge in [-0.25, -0.2) is 4.79 Å². The highest BCUT2D eigenvalue weighted by atomic mass is 79.9. The van der Waals surface area contributed by atoms with Gasteiger partial charge in [0.1, 0.15) is 18.1 Å². The summed E-state index contributed by atoms with van der Waals surface area (Å²) in [7, 11) is 0. The molecule has 2 rings (SSSR count). The minimum absolute atomic E-state index is 0.0828. The van der Waals surface area contributed by atoms with Crippen LogP contribution in [-0.2, 0) is 6.61 Å². The number of rotatable bonds is 4. The van der Waals surface area contributed by atoms with Crippen molar-refractivity contribution in [3.63, 3.8) is 0 Å². The van der Waals surface area contributed by atoms with Crippen molar-refractivity contribution in [1.29, 1.82) is 0 Å². The lowest BCUT2D eigenvalue weighted by Gasteiger charge is -2.06. The first-order valence-corrected chi connectivity index (χ1v) is 6.06. The molecule has 0 fully saturated rings. The average Bonchev–Trinajstić information content (AvgIpc) is 2.79. The van der Waals surface area contributed by atoms with Crippen molar-refractivity contribution in [3.05, 3.63) is 51.9 Å². The summed E-state index contributed by atoms with van der Waals surface area (Å²) in [4.78, 5) is 10.6. The Bertz CT molecular complexity index is 574. The van der Waals surface area contributed by atoms with E-state index < -0.39 is 5.97 Å². The molecule has 1 aromatic carbocycles. The van der Waals surface area contributed by atoms with E-state index >= 15 is 0 Å². The Hall–Kier alpha value is -1.75. The molecular weight excluding hydrogens is 300 g/mol. The fourth-order valence-corrected chi connectivity index (χ4v) is 1.68. The molecule has 1 N–H and O–H groups in total. The molecule has 2 aromatic rings. The predicted molar refractivity (Wildman–Crippen MR) is 68.9 cm³/mol. The summed E-state index contributed by atoms with van der Waals surface area (Å²) in [5.74, 6) is 0.0262. The van der Waals surface area contributed by atoms with E-state index in [2.05, 4.69) is 15.9 Å². The van der Waals surface area contributed by atoms with E-state index in [0.717, 1.165) is 10.0 Å². The molecule has 0 spiro atoms. The van der Waals surface area contributed by atoms with Crippen LogP contribution < -0.4 is 4.74 Å². The summed E-state index contributed by atoms with van der Waals surface area (Å²) >= 11 is 3.41. The van der Waals surface area contributed by atoms with Crippen molar-refractivity contribution in [3.8, 4) is 5.75 Å². The molecule has 1 heterocycles. The molecule has 94 valence electrons. The van der Waals surface area contributed by atoms with E-state index in [4.69, 9.17) is 14.3 Å². The van der Waals surface area contributed by atoms with Crippen LogP contribution in [0.4, 0.5) is 0 Å². The maximum atomic E-state index is 10.6. The molecule has 0 radical (unpaired) electrons. The van der Waals surface area contributed by atoms with E-state index in [0.29, 0.717) is 11.5 Å². The number of benzene rings is 1. The molecule has 0 aliphatic heterocycles. The Morgan fingerprint density at radius 2 is 2.17 bits per heavy atom. The normalized spacial score (nSPS) is 10.3. The van der Waals surface area contributed by atoms with Gasteiger partial charge in [0.15, 0.2) is 0 Å². The maximum Gasteiger partial charge on any atom is 0.371 e. The maximum absolute atomic E-state index is 10.6. The lowest BCUT2D eigenvalue weighted by atomic mass is 10.2. The summed E-state index contributed by atoms with van der Waals surface area (Å²) < 4.78 is 11.6. The standard InChI is InChI=1S/C13H11BrO4/c1-8-6-9(2-4-11(8)14)17-7-10-3-5-12(18-10)13(15)16/h2-6H,7H2,1H3,(H,15,16). The quantitative estimate of drug-likeness (QED) is 0.936. The van der Waals surface area contributed by atoms with E-state index in [1.54, 1.807) is 6.07 Å². The third-order valence-electron chi connectivity index (χ3n) is 2.38. The van der Waals surface area contributed by atoms with Crippen molar-refractivity contribution in [2.45, 2.75) is 13.5 Å². The van der Waals surface area contributed by atoms with Gasteiger partial charge < -0.3 is 14.3 Å². The van der Waals surface area contributed by atoms with Gasteiger partial charge in [0.05, 0.1) is 0 Å². The number of ether oxygens (including phenoxy) is 1. The first-order valence-electron chi connectivity index (χ1n) is 5.27. The van der Waals surface area contributed by atoms with Gasteiger partial charge in [-0.3, -0.25) is 0 Å². The SMILES string of the molecule is Cc1cc(OCc2ccc(C(=O)O)o2)ccc1Br. The Balaban J connectivity index is 2.02. The third kappa shape index (κ3) is 2.92. The van der Waals surface area contributed by atoms with Crippen LogP contribution in [-0.4, -0.2) is 11.1 Å². The molecule has 18 heavy (non-hydrogen) atoms. The largest absolute Gasteiger partial charge is 0.486 e. The molecule has 0 aliphatic carbocycles. The fraction of sp³-hybridized carbons (Fsp3) is 0.154. The predicted octanol–water partition coefficient (Wildman–Crippen LogP) is 3.63. The number of carboxylic acids is 1. The highest BCUT2D eigenvalue weighted by Gasteiger charge is 2.09. The molecule has 0 saturated carbocycles. The van der Waals surface area contributed by atoms with Crippen LogP contribution in [0.25, 0.3) is 0 Å². The van der Waals surface area contributed by atoms with Crippen molar-refractivity contribution >= 4 is 21.9 Å². The Morgan fingerprint density at radius 1 is 1.39 bits per heavy atom. The molecular formula is C13H11BrO4. The fourth-order valence-electron chi connectivity index (χ4n) is 1.43. The van der Waals surface area contributed by atoms with E-state index in [9.17, 15) is 4.79 Å². The lowest BCUT2D eigenvalue weighted by molar-refractivity contribution is 0.0658. The van der Waals surface area contributed by atoms with Gasteiger partial charge in [-0.1, -0.05) is 15.9 Å². The highest BCUT2D eigenvalue weighted by Crippen LogP contribution is 2.22. The third-order valence-corrected chi connectivity index (χ3v) is 3.27. The van der Waals surface area contributed by atoms with Crippen LogP contribution in [0.15, 0.2) is 39.2 Å². The van der Waals surface area contributed by atoms with E-state index in [-0.39, 0.29) is 12.4 Å². The topological polar surface area (TPSA) is 59.7 Å². The zero-order valence-electron chi connectivity index (χ0n) is 9.64. The molecule has 5 heteroatoms. The monoisotopic (exact) mass is 310 g/mol. The molecule has 0 unspecified atom stereocenters. The number of halogens is 1. The van der Waals surface area contributed by atoms with E-state index in [1.807, 2.05) is 25.1 Å². The van der Waals surface area contributed by atoms with Crippen LogP contribution in [0.5, 0.6) is 5.75 Å². The molecule has 0 atom stereocenters. The summed E-state index contributed by atoms with van der Waals surface area (Å²) in [6.07, 6.45) is 0. The number of aromatic carboxylic acids is 1. The number of hydrogen-bond donors (Lipinski definition) is 1. The van der Waals surface area contributed by atoms with Crippen molar-refractivity contribution in [1.82, 2.24) is 0 Å². The van der Waals surface area contributed by atoms with Gasteiger partial charge in [0.2, 0.25) is 5.76 Å². The molecule has 4 nitrogen and oxygen atoms in total. The first-order chi connectivity index (χ1) is 8.56. The van der Waals surface area contributed by atoms with Crippen LogP contribution >= 0.6 is 15.9 Å². The first kappa shape index (κ1) is 12.7. The minimum atomic E-state index is -1.08. The van der Waals surface area contributed by atoms with Gasteiger partial charge >= 0.3 is 5.97 Å². The Kier molecular flexibility index (Phi) is 3.72. The molecule has 0 bridgehead atoms.